The third-order valence-corrected chi connectivity index (χ3v) is 3.50. The average molecular weight is 261 g/mol. The summed E-state index contributed by atoms with van der Waals surface area (Å²) in [5.74, 6) is 0.822. The summed E-state index contributed by atoms with van der Waals surface area (Å²) in [6, 6.07) is 0.120. The quantitative estimate of drug-likeness (QED) is 0.836. The first-order chi connectivity index (χ1) is 7.79. The van der Waals surface area contributed by atoms with E-state index in [2.05, 4.69) is 0 Å². The predicted octanol–water partition coefficient (Wildman–Crippen LogP) is 1.81. The molecule has 0 aromatic rings. The molecule has 6 heteroatoms. The zero-order valence-electron chi connectivity index (χ0n) is 10.4. The number of hydrogen-bond acceptors (Lipinski definition) is 4. The largest absolute Gasteiger partial charge is 0.481 e. The van der Waals surface area contributed by atoms with Gasteiger partial charge in [0.05, 0.1) is 12.5 Å². The number of nitrogens with zero attached hydrogens (tertiary/aromatic N) is 1. The fourth-order valence-corrected chi connectivity index (χ4v) is 2.17. The minimum Gasteiger partial charge on any atom is -0.481 e. The lowest BCUT2D eigenvalue weighted by Gasteiger charge is -2.37. The average Bonchev–Trinajstić information content (AvgIpc) is 2.04. The van der Waals surface area contributed by atoms with Gasteiger partial charge in [-0.25, -0.2) is 4.79 Å². The number of amides is 1. The maximum atomic E-state index is 11.9. The Labute approximate surface area is 105 Å². The molecule has 0 saturated carbocycles. The molecule has 1 fully saturated rings. The second-order valence-electron chi connectivity index (χ2n) is 5.01. The Morgan fingerprint density at radius 1 is 1.41 bits per heavy atom. The monoisotopic (exact) mass is 261 g/mol. The number of thioether (sulfide) groups is 1. The van der Waals surface area contributed by atoms with E-state index in [1.165, 1.54) is 4.90 Å². The van der Waals surface area contributed by atoms with Crippen molar-refractivity contribution in [2.45, 2.75) is 38.8 Å². The number of hydrogen-bond donors (Lipinski definition) is 1. The van der Waals surface area contributed by atoms with Gasteiger partial charge in [0.15, 0.2) is 0 Å². The van der Waals surface area contributed by atoms with Crippen molar-refractivity contribution in [1.29, 1.82) is 0 Å². The molecule has 1 saturated heterocycles. The molecule has 1 aliphatic rings. The van der Waals surface area contributed by atoms with Crippen LogP contribution in [0.3, 0.4) is 0 Å². The molecule has 1 amide bonds. The van der Waals surface area contributed by atoms with Crippen molar-refractivity contribution >= 4 is 23.8 Å². The summed E-state index contributed by atoms with van der Waals surface area (Å²) in [7, 11) is 0. The molecular formula is C11H19NO4S. The highest BCUT2D eigenvalue weighted by molar-refractivity contribution is 8.00. The smallest absolute Gasteiger partial charge is 0.410 e. The van der Waals surface area contributed by atoms with E-state index in [1.807, 2.05) is 0 Å². The Morgan fingerprint density at radius 3 is 2.35 bits per heavy atom. The van der Waals surface area contributed by atoms with Crippen LogP contribution in [0.25, 0.3) is 0 Å². The van der Waals surface area contributed by atoms with Gasteiger partial charge in [0.25, 0.3) is 0 Å². The zero-order valence-corrected chi connectivity index (χ0v) is 11.2. The zero-order chi connectivity index (χ0) is 13.1. The number of carbonyl (C=O) groups is 2. The molecular weight excluding hydrogens is 242 g/mol. The second-order valence-corrected chi connectivity index (χ2v) is 6.08. The Morgan fingerprint density at radius 2 is 2.00 bits per heavy atom. The molecule has 1 heterocycles. The van der Waals surface area contributed by atoms with E-state index in [1.54, 1.807) is 32.5 Å². The highest BCUT2D eigenvalue weighted by Crippen LogP contribution is 2.25. The number of carbonyl (C=O) groups excluding carboxylic acids is 1. The molecule has 0 aromatic heterocycles. The Kier molecular flexibility index (Phi) is 4.68. The highest BCUT2D eigenvalue weighted by Gasteiger charge is 2.32. The third kappa shape index (κ3) is 4.85. The first-order valence-electron chi connectivity index (χ1n) is 5.59. The van der Waals surface area contributed by atoms with Crippen LogP contribution in [0.15, 0.2) is 0 Å². The molecule has 1 rings (SSSR count). The van der Waals surface area contributed by atoms with Gasteiger partial charge in [-0.05, 0) is 20.8 Å². The standard InChI is InChI=1S/C11H19NO4S/c1-11(2,3)16-10(15)12(5-4-9(13)14)8-6-17-7-8/h8H,4-7H2,1-3H3,(H,13,14). The highest BCUT2D eigenvalue weighted by atomic mass is 32.2. The summed E-state index contributed by atoms with van der Waals surface area (Å²) in [6.07, 6.45) is -0.454. The van der Waals surface area contributed by atoms with Gasteiger partial charge in [0.1, 0.15) is 5.60 Å². The maximum Gasteiger partial charge on any atom is 0.410 e. The van der Waals surface area contributed by atoms with Crippen LogP contribution in [0, 0.1) is 0 Å². The fourth-order valence-electron chi connectivity index (χ4n) is 1.36. The van der Waals surface area contributed by atoms with Crippen LogP contribution in [-0.4, -0.2) is 51.8 Å². The lowest BCUT2D eigenvalue weighted by molar-refractivity contribution is -0.137. The molecule has 1 aliphatic heterocycles. The van der Waals surface area contributed by atoms with Gasteiger partial charge in [0, 0.05) is 18.1 Å². The van der Waals surface area contributed by atoms with Crippen LogP contribution in [0.5, 0.6) is 0 Å². The van der Waals surface area contributed by atoms with Crippen LogP contribution in [-0.2, 0) is 9.53 Å². The van der Waals surface area contributed by atoms with Crippen molar-refractivity contribution in [1.82, 2.24) is 4.90 Å². The lowest BCUT2D eigenvalue weighted by Crippen LogP contribution is -2.50. The van der Waals surface area contributed by atoms with Crippen molar-refractivity contribution in [3.63, 3.8) is 0 Å². The summed E-state index contributed by atoms with van der Waals surface area (Å²) >= 11 is 1.75. The molecule has 0 aromatic carbocycles. The predicted molar refractivity (Wildman–Crippen MR) is 66.3 cm³/mol. The second kappa shape index (κ2) is 5.62. The molecule has 0 unspecified atom stereocenters. The first kappa shape index (κ1) is 14.2. The molecule has 0 spiro atoms. The van der Waals surface area contributed by atoms with E-state index >= 15 is 0 Å². The topological polar surface area (TPSA) is 66.8 Å². The fraction of sp³-hybridized carbons (Fsp3) is 0.818. The van der Waals surface area contributed by atoms with Gasteiger partial charge >= 0.3 is 12.1 Å². The summed E-state index contributed by atoms with van der Waals surface area (Å²) in [6.45, 7) is 5.62. The van der Waals surface area contributed by atoms with Crippen LogP contribution in [0.2, 0.25) is 0 Å². The Hall–Kier alpha value is -0.910. The van der Waals surface area contributed by atoms with E-state index in [-0.39, 0.29) is 19.0 Å². The molecule has 17 heavy (non-hydrogen) atoms. The summed E-state index contributed by atoms with van der Waals surface area (Å²) in [5.41, 5.74) is -0.546. The molecule has 0 radical (unpaired) electrons. The van der Waals surface area contributed by atoms with Gasteiger partial charge in [-0.3, -0.25) is 4.79 Å². The normalized spacial score (nSPS) is 16.2. The number of rotatable bonds is 4. The minimum atomic E-state index is -0.898. The number of ether oxygens (including phenoxy) is 1. The van der Waals surface area contributed by atoms with Crippen molar-refractivity contribution in [2.24, 2.45) is 0 Å². The third-order valence-electron chi connectivity index (χ3n) is 2.26. The van der Waals surface area contributed by atoms with Crippen molar-refractivity contribution in [3.8, 4) is 0 Å². The van der Waals surface area contributed by atoms with Gasteiger partial charge in [-0.2, -0.15) is 11.8 Å². The van der Waals surface area contributed by atoms with Crippen LogP contribution >= 0.6 is 11.8 Å². The number of carboxylic acids is 1. The molecule has 98 valence electrons. The van der Waals surface area contributed by atoms with Gasteiger partial charge in [-0.1, -0.05) is 0 Å². The van der Waals surface area contributed by atoms with E-state index in [4.69, 9.17) is 9.84 Å². The van der Waals surface area contributed by atoms with E-state index in [0.717, 1.165) is 11.5 Å². The van der Waals surface area contributed by atoms with Crippen LogP contribution in [0.1, 0.15) is 27.2 Å². The van der Waals surface area contributed by atoms with Gasteiger partial charge in [0.2, 0.25) is 0 Å². The molecule has 1 N–H and O–H groups in total. The Bertz CT molecular complexity index is 296. The SMILES string of the molecule is CC(C)(C)OC(=O)N(CCC(=O)O)C1CSC1. The molecule has 0 aliphatic carbocycles. The lowest BCUT2D eigenvalue weighted by atomic mass is 10.2. The van der Waals surface area contributed by atoms with Gasteiger partial charge in [-0.15, -0.1) is 0 Å². The Balaban J connectivity index is 2.55. The summed E-state index contributed by atoms with van der Waals surface area (Å²) < 4.78 is 5.27. The molecule has 0 atom stereocenters. The minimum absolute atomic E-state index is 0.0413. The van der Waals surface area contributed by atoms with Gasteiger partial charge < -0.3 is 14.7 Å². The van der Waals surface area contributed by atoms with E-state index in [0.29, 0.717) is 0 Å². The number of carboxylic acid groups (broad SMARTS) is 1. The number of aliphatic carboxylic acids is 1. The summed E-state index contributed by atoms with van der Waals surface area (Å²) in [5, 5.41) is 8.67. The van der Waals surface area contributed by atoms with Crippen molar-refractivity contribution in [3.05, 3.63) is 0 Å². The van der Waals surface area contributed by atoms with Crippen LogP contribution in [0.4, 0.5) is 4.79 Å². The maximum absolute atomic E-state index is 11.9. The summed E-state index contributed by atoms with van der Waals surface area (Å²) in [4.78, 5) is 24.0. The van der Waals surface area contributed by atoms with E-state index < -0.39 is 17.7 Å². The van der Waals surface area contributed by atoms with Crippen molar-refractivity contribution < 1.29 is 19.4 Å². The van der Waals surface area contributed by atoms with Crippen LogP contribution < -0.4 is 0 Å². The van der Waals surface area contributed by atoms with Crippen molar-refractivity contribution in [2.75, 3.05) is 18.1 Å². The molecule has 5 nitrogen and oxygen atoms in total. The first-order valence-corrected chi connectivity index (χ1v) is 6.74. The molecule has 0 bridgehead atoms. The van der Waals surface area contributed by atoms with E-state index in [9.17, 15) is 9.59 Å².